The van der Waals surface area contributed by atoms with Crippen molar-refractivity contribution in [3.63, 3.8) is 0 Å². The number of hydrogen-bond acceptors (Lipinski definition) is 5. The van der Waals surface area contributed by atoms with E-state index in [0.29, 0.717) is 10.9 Å². The topological polar surface area (TPSA) is 86.4 Å². The van der Waals surface area contributed by atoms with Crippen molar-refractivity contribution in [3.8, 4) is 0 Å². The van der Waals surface area contributed by atoms with Gasteiger partial charge in [0.05, 0.1) is 5.30 Å². The molecular formula is C11H13N2O4P. The fourth-order valence-corrected chi connectivity index (χ4v) is 2.64. The van der Waals surface area contributed by atoms with Crippen LogP contribution in [0.3, 0.4) is 0 Å². The number of benzene rings is 1. The minimum Gasteiger partial charge on any atom is -0.775 e. The highest BCUT2D eigenvalue weighted by atomic mass is 31.2. The highest BCUT2D eigenvalue weighted by molar-refractivity contribution is 7.60. The van der Waals surface area contributed by atoms with Crippen LogP contribution in [-0.2, 0) is 15.6 Å². The van der Waals surface area contributed by atoms with Gasteiger partial charge in [-0.2, -0.15) is 0 Å². The van der Waals surface area contributed by atoms with Crippen LogP contribution in [0.15, 0.2) is 30.5 Å². The summed E-state index contributed by atoms with van der Waals surface area (Å²) in [5.74, 6) is 0. The first-order valence-corrected chi connectivity index (χ1v) is 6.90. The second kappa shape index (κ2) is 5.12. The Morgan fingerprint density at radius 2 is 2.22 bits per heavy atom. The van der Waals surface area contributed by atoms with Gasteiger partial charge in [-0.05, 0) is 6.07 Å². The second-order valence-electron chi connectivity index (χ2n) is 3.70. The third-order valence-corrected chi connectivity index (χ3v) is 3.98. The number of rotatable bonds is 4. The maximum atomic E-state index is 11.9. The van der Waals surface area contributed by atoms with Crippen LogP contribution >= 0.6 is 7.60 Å². The van der Waals surface area contributed by atoms with Gasteiger partial charge in [0.2, 0.25) is 6.20 Å². The minimum absolute atomic E-state index is 0.0732. The summed E-state index contributed by atoms with van der Waals surface area (Å²) in [6, 6.07) is 6.89. The number of aromatic nitrogens is 2. The van der Waals surface area contributed by atoms with Crippen molar-refractivity contribution in [1.29, 1.82) is 0 Å². The van der Waals surface area contributed by atoms with Gasteiger partial charge in [0.1, 0.15) is 12.1 Å². The molecule has 1 atom stereocenters. The molecule has 0 amide bonds. The van der Waals surface area contributed by atoms with E-state index in [0.717, 1.165) is 7.11 Å². The Bertz CT molecular complexity index is 617. The van der Waals surface area contributed by atoms with Crippen molar-refractivity contribution in [1.82, 2.24) is 5.10 Å². The van der Waals surface area contributed by atoms with Gasteiger partial charge in [0.15, 0.2) is 14.1 Å². The van der Waals surface area contributed by atoms with E-state index in [9.17, 15) is 9.46 Å². The molecule has 0 saturated heterocycles. The van der Waals surface area contributed by atoms with Gasteiger partial charge in [-0.15, -0.1) is 0 Å². The lowest BCUT2D eigenvalue weighted by atomic mass is 10.2. The van der Waals surface area contributed by atoms with Crippen molar-refractivity contribution in [2.75, 3.05) is 13.7 Å². The molecule has 0 fully saturated rings. The zero-order valence-electron chi connectivity index (χ0n) is 9.81. The number of aliphatic hydroxyl groups excluding tert-OH is 1. The van der Waals surface area contributed by atoms with Gasteiger partial charge in [-0.1, -0.05) is 22.9 Å². The molecule has 2 rings (SSSR count). The highest BCUT2D eigenvalue weighted by Crippen LogP contribution is 2.36. The van der Waals surface area contributed by atoms with E-state index in [-0.39, 0.29) is 18.5 Å². The smallest absolute Gasteiger partial charge is 0.208 e. The van der Waals surface area contributed by atoms with Gasteiger partial charge in [-0.3, -0.25) is 0 Å². The maximum absolute atomic E-state index is 11.9. The number of fused-ring (bicyclic) bond motifs is 1. The summed E-state index contributed by atoms with van der Waals surface area (Å²) in [7, 11) is -2.99. The summed E-state index contributed by atoms with van der Waals surface area (Å²) >= 11 is 0. The van der Waals surface area contributed by atoms with E-state index >= 15 is 0 Å². The third kappa shape index (κ3) is 2.42. The molecule has 0 bridgehead atoms. The quantitative estimate of drug-likeness (QED) is 0.587. The highest BCUT2D eigenvalue weighted by Gasteiger charge is 2.20. The lowest BCUT2D eigenvalue weighted by Crippen LogP contribution is -2.43. The van der Waals surface area contributed by atoms with E-state index in [4.69, 9.17) is 5.11 Å². The zero-order valence-corrected chi connectivity index (χ0v) is 10.7. The Hall–Kier alpha value is -1.33. The summed E-state index contributed by atoms with van der Waals surface area (Å²) < 4.78 is 17.8. The van der Waals surface area contributed by atoms with Gasteiger partial charge in [-0.25, -0.2) is 0 Å². The first-order chi connectivity index (χ1) is 8.58. The number of nitrogens with zero attached hydrogens (tertiary/aromatic N) is 2. The predicted octanol–water partition coefficient (Wildman–Crippen LogP) is -0.660. The minimum atomic E-state index is -4.11. The van der Waals surface area contributed by atoms with E-state index in [2.05, 4.69) is 9.62 Å². The number of hydrogen-bond donors (Lipinski definition) is 1. The molecule has 1 heterocycles. The van der Waals surface area contributed by atoms with Gasteiger partial charge < -0.3 is 19.1 Å². The van der Waals surface area contributed by atoms with E-state index in [1.807, 2.05) is 0 Å². The van der Waals surface area contributed by atoms with E-state index in [1.165, 1.54) is 10.9 Å². The van der Waals surface area contributed by atoms with Crippen LogP contribution in [0.4, 0.5) is 0 Å². The van der Waals surface area contributed by atoms with Crippen LogP contribution < -0.4 is 14.9 Å². The van der Waals surface area contributed by atoms with Crippen LogP contribution in [0, 0.1) is 0 Å². The SMILES string of the molecule is COP(=O)([O-])c1c[n+](CCO)nc2ccccc12. The molecule has 0 radical (unpaired) electrons. The van der Waals surface area contributed by atoms with Crippen LogP contribution in [0.25, 0.3) is 10.9 Å². The summed E-state index contributed by atoms with van der Waals surface area (Å²) in [5.41, 5.74) is 0.538. The van der Waals surface area contributed by atoms with Gasteiger partial charge in [0, 0.05) is 17.6 Å². The van der Waals surface area contributed by atoms with Crippen molar-refractivity contribution < 1.29 is 23.8 Å². The Balaban J connectivity index is 2.72. The standard InChI is InChI=1S/C11H13N2O4P/c1-17-18(15,16)11-8-13(6-7-14)12-10-5-3-2-4-9(10)11/h2-5,8,14H,6-7H2,1H3. The van der Waals surface area contributed by atoms with E-state index < -0.39 is 7.60 Å². The molecule has 0 aliphatic rings. The molecule has 1 aromatic heterocycles. The summed E-state index contributed by atoms with van der Waals surface area (Å²) in [4.78, 5) is 11.9. The van der Waals surface area contributed by atoms with Crippen molar-refractivity contribution >= 4 is 23.8 Å². The van der Waals surface area contributed by atoms with E-state index in [1.54, 1.807) is 24.3 Å². The van der Waals surface area contributed by atoms with Crippen LogP contribution in [-0.4, -0.2) is 23.9 Å². The average Bonchev–Trinajstić information content (AvgIpc) is 2.38. The van der Waals surface area contributed by atoms with Crippen LogP contribution in [0.2, 0.25) is 0 Å². The van der Waals surface area contributed by atoms with Crippen molar-refractivity contribution in [2.45, 2.75) is 6.54 Å². The predicted molar refractivity (Wildman–Crippen MR) is 63.3 cm³/mol. The maximum Gasteiger partial charge on any atom is 0.208 e. The molecule has 18 heavy (non-hydrogen) atoms. The normalized spacial score (nSPS) is 14.6. The lowest BCUT2D eigenvalue weighted by molar-refractivity contribution is -0.751. The molecule has 1 aromatic carbocycles. The van der Waals surface area contributed by atoms with Gasteiger partial charge >= 0.3 is 0 Å². The Labute approximate surface area is 104 Å². The second-order valence-corrected chi connectivity index (χ2v) is 5.54. The van der Waals surface area contributed by atoms with Crippen molar-refractivity contribution in [3.05, 3.63) is 30.5 Å². The molecule has 0 aliphatic carbocycles. The molecule has 1 unspecified atom stereocenters. The summed E-state index contributed by atoms with van der Waals surface area (Å²) in [6.07, 6.45) is 1.37. The largest absolute Gasteiger partial charge is 0.775 e. The fraction of sp³-hybridized carbons (Fsp3) is 0.273. The zero-order chi connectivity index (χ0) is 13.2. The van der Waals surface area contributed by atoms with Crippen LogP contribution in [0.5, 0.6) is 0 Å². The molecule has 0 saturated carbocycles. The molecule has 1 N–H and O–H groups in total. The Morgan fingerprint density at radius 1 is 1.50 bits per heavy atom. The van der Waals surface area contributed by atoms with Gasteiger partial charge in [0.25, 0.3) is 0 Å². The summed E-state index contributed by atoms with van der Waals surface area (Å²) in [5, 5.41) is 13.7. The summed E-state index contributed by atoms with van der Waals surface area (Å²) in [6.45, 7) is 0.104. The Morgan fingerprint density at radius 3 is 2.89 bits per heavy atom. The molecular weight excluding hydrogens is 255 g/mol. The monoisotopic (exact) mass is 268 g/mol. The lowest BCUT2D eigenvalue weighted by Gasteiger charge is -2.20. The average molecular weight is 268 g/mol. The molecule has 6 nitrogen and oxygen atoms in total. The third-order valence-electron chi connectivity index (χ3n) is 2.55. The molecule has 2 aromatic rings. The first-order valence-electron chi connectivity index (χ1n) is 5.36. The molecule has 0 spiro atoms. The van der Waals surface area contributed by atoms with Crippen molar-refractivity contribution in [2.24, 2.45) is 0 Å². The Kier molecular flexibility index (Phi) is 3.73. The fourth-order valence-electron chi connectivity index (χ4n) is 1.69. The molecule has 96 valence electrons. The number of aliphatic hydroxyl groups is 1. The first kappa shape index (κ1) is 13.1. The van der Waals surface area contributed by atoms with Crippen LogP contribution in [0.1, 0.15) is 0 Å². The molecule has 0 aliphatic heterocycles. The molecule has 7 heteroatoms.